The molecule has 1 aromatic heterocycles. The molecule has 0 radical (unpaired) electrons. The monoisotopic (exact) mass is 291 g/mol. The third-order valence-electron chi connectivity index (χ3n) is 2.35. The minimum atomic E-state index is -0.341. The molecule has 0 aliphatic carbocycles. The number of aromatic nitrogens is 2. The fourth-order valence-electron chi connectivity index (χ4n) is 1.52. The number of anilines is 1. The highest BCUT2D eigenvalue weighted by molar-refractivity contribution is 6.29. The van der Waals surface area contributed by atoms with E-state index >= 15 is 0 Å². The van der Waals surface area contributed by atoms with Crippen molar-refractivity contribution >= 4 is 23.2 Å². The summed E-state index contributed by atoms with van der Waals surface area (Å²) in [5, 5.41) is 10.3. The van der Waals surface area contributed by atoms with E-state index in [1.807, 2.05) is 13.8 Å². The first-order chi connectivity index (χ1) is 9.54. The van der Waals surface area contributed by atoms with Crippen LogP contribution >= 0.6 is 11.6 Å². The number of rotatable bonds is 4. The van der Waals surface area contributed by atoms with Crippen LogP contribution in [0.4, 0.5) is 5.69 Å². The molecular weight excluding hydrogens is 278 g/mol. The maximum absolute atomic E-state index is 11.9. The Balaban J connectivity index is 2.02. The van der Waals surface area contributed by atoms with Gasteiger partial charge < -0.3 is 10.1 Å². The first-order valence-electron chi connectivity index (χ1n) is 6.12. The van der Waals surface area contributed by atoms with Gasteiger partial charge in [-0.25, -0.2) is 0 Å². The van der Waals surface area contributed by atoms with E-state index in [1.165, 1.54) is 12.1 Å². The fourth-order valence-corrected chi connectivity index (χ4v) is 1.62. The van der Waals surface area contributed by atoms with Gasteiger partial charge in [0.2, 0.25) is 0 Å². The molecule has 1 heterocycles. The lowest BCUT2D eigenvalue weighted by Gasteiger charge is -2.10. The summed E-state index contributed by atoms with van der Waals surface area (Å²) < 4.78 is 5.52. The van der Waals surface area contributed by atoms with E-state index < -0.39 is 0 Å². The lowest BCUT2D eigenvalue weighted by Crippen LogP contribution is -2.14. The lowest BCUT2D eigenvalue weighted by molar-refractivity contribution is 0.102. The molecule has 0 aliphatic heterocycles. The average Bonchev–Trinajstić information content (AvgIpc) is 2.41. The normalized spacial score (nSPS) is 10.4. The minimum Gasteiger partial charge on any atom is -0.491 e. The molecule has 1 amide bonds. The maximum Gasteiger partial charge on any atom is 0.276 e. The highest BCUT2D eigenvalue weighted by atomic mass is 35.5. The van der Waals surface area contributed by atoms with Crippen LogP contribution in [0.1, 0.15) is 24.3 Å². The highest BCUT2D eigenvalue weighted by Gasteiger charge is 2.08. The van der Waals surface area contributed by atoms with Crippen LogP contribution in [0.25, 0.3) is 0 Å². The number of hydrogen-bond acceptors (Lipinski definition) is 4. The van der Waals surface area contributed by atoms with Crippen molar-refractivity contribution in [3.05, 3.63) is 47.2 Å². The molecular formula is C14H14ClN3O2. The molecule has 0 spiro atoms. The topological polar surface area (TPSA) is 64.1 Å². The van der Waals surface area contributed by atoms with Gasteiger partial charge in [-0.2, -0.15) is 0 Å². The van der Waals surface area contributed by atoms with Crippen LogP contribution in [0.3, 0.4) is 0 Å². The largest absolute Gasteiger partial charge is 0.491 e. The number of amides is 1. The second kappa shape index (κ2) is 6.34. The molecule has 0 saturated carbocycles. The number of nitrogens with zero attached hydrogens (tertiary/aromatic N) is 2. The molecule has 20 heavy (non-hydrogen) atoms. The number of benzene rings is 1. The number of carbonyl (C=O) groups excluding carboxylic acids is 1. The predicted molar refractivity (Wildman–Crippen MR) is 77.2 cm³/mol. The van der Waals surface area contributed by atoms with Gasteiger partial charge in [-0.15, -0.1) is 10.2 Å². The molecule has 2 rings (SSSR count). The van der Waals surface area contributed by atoms with Gasteiger partial charge in [0, 0.05) is 5.69 Å². The summed E-state index contributed by atoms with van der Waals surface area (Å²) in [7, 11) is 0. The number of nitrogens with one attached hydrogen (secondary N) is 1. The Morgan fingerprint density at radius 2 is 1.85 bits per heavy atom. The SMILES string of the molecule is CC(C)Oc1ccc(NC(=O)c2ccc(Cl)nn2)cc1. The second-order valence-electron chi connectivity index (χ2n) is 4.39. The van der Waals surface area contributed by atoms with Crippen LogP contribution in [0.2, 0.25) is 5.15 Å². The molecule has 6 heteroatoms. The molecule has 0 atom stereocenters. The summed E-state index contributed by atoms with van der Waals surface area (Å²) in [4.78, 5) is 11.9. The summed E-state index contributed by atoms with van der Waals surface area (Å²) in [5.74, 6) is 0.413. The summed E-state index contributed by atoms with van der Waals surface area (Å²) in [6.07, 6.45) is 0.111. The van der Waals surface area contributed by atoms with Crippen molar-refractivity contribution in [3.8, 4) is 5.75 Å². The Labute approximate surface area is 121 Å². The van der Waals surface area contributed by atoms with E-state index in [0.29, 0.717) is 5.69 Å². The molecule has 104 valence electrons. The van der Waals surface area contributed by atoms with Crippen molar-refractivity contribution in [1.82, 2.24) is 10.2 Å². The van der Waals surface area contributed by atoms with Gasteiger partial charge >= 0.3 is 0 Å². The van der Waals surface area contributed by atoms with Crippen molar-refractivity contribution in [3.63, 3.8) is 0 Å². The van der Waals surface area contributed by atoms with E-state index in [2.05, 4.69) is 15.5 Å². The quantitative estimate of drug-likeness (QED) is 0.940. The molecule has 5 nitrogen and oxygen atoms in total. The molecule has 0 aliphatic rings. The van der Waals surface area contributed by atoms with E-state index in [0.717, 1.165) is 5.75 Å². The van der Waals surface area contributed by atoms with Crippen LogP contribution in [-0.2, 0) is 0 Å². The Hall–Kier alpha value is -2.14. The standard InChI is InChI=1S/C14H14ClN3O2/c1-9(2)20-11-5-3-10(4-6-11)16-14(19)12-7-8-13(15)18-17-12/h3-9H,1-2H3,(H,16,19). The second-order valence-corrected chi connectivity index (χ2v) is 4.77. The number of ether oxygens (including phenoxy) is 1. The van der Waals surface area contributed by atoms with Gasteiger partial charge in [0.1, 0.15) is 5.75 Å². The molecule has 1 N–H and O–H groups in total. The van der Waals surface area contributed by atoms with E-state index in [9.17, 15) is 4.79 Å². The van der Waals surface area contributed by atoms with Crippen molar-refractivity contribution in [2.24, 2.45) is 0 Å². The lowest BCUT2D eigenvalue weighted by atomic mass is 10.3. The molecule has 0 bridgehead atoms. The minimum absolute atomic E-state index is 0.111. The first-order valence-corrected chi connectivity index (χ1v) is 6.49. The molecule has 2 aromatic rings. The van der Waals surface area contributed by atoms with Gasteiger partial charge in [0.15, 0.2) is 10.8 Å². The zero-order chi connectivity index (χ0) is 14.5. The van der Waals surface area contributed by atoms with Crippen LogP contribution < -0.4 is 10.1 Å². The van der Waals surface area contributed by atoms with Gasteiger partial charge in [-0.05, 0) is 50.2 Å². The zero-order valence-corrected chi connectivity index (χ0v) is 11.9. The Kier molecular flexibility index (Phi) is 4.53. The Bertz CT molecular complexity index is 582. The third-order valence-corrected chi connectivity index (χ3v) is 2.55. The summed E-state index contributed by atoms with van der Waals surface area (Å²) in [5.41, 5.74) is 0.861. The Morgan fingerprint density at radius 1 is 1.15 bits per heavy atom. The van der Waals surface area contributed by atoms with Crippen molar-refractivity contribution < 1.29 is 9.53 Å². The van der Waals surface area contributed by atoms with Crippen molar-refractivity contribution in [2.45, 2.75) is 20.0 Å². The average molecular weight is 292 g/mol. The van der Waals surface area contributed by atoms with Crippen molar-refractivity contribution in [1.29, 1.82) is 0 Å². The molecule has 0 unspecified atom stereocenters. The predicted octanol–water partition coefficient (Wildman–Crippen LogP) is 3.17. The molecule has 1 aromatic carbocycles. The van der Waals surface area contributed by atoms with E-state index in [4.69, 9.17) is 16.3 Å². The van der Waals surface area contributed by atoms with E-state index in [1.54, 1.807) is 24.3 Å². The van der Waals surface area contributed by atoms with Crippen LogP contribution in [0.15, 0.2) is 36.4 Å². The summed E-state index contributed by atoms with van der Waals surface area (Å²) >= 11 is 5.62. The summed E-state index contributed by atoms with van der Waals surface area (Å²) in [6.45, 7) is 3.91. The fraction of sp³-hybridized carbons (Fsp3) is 0.214. The van der Waals surface area contributed by atoms with Crippen molar-refractivity contribution in [2.75, 3.05) is 5.32 Å². The third kappa shape index (κ3) is 3.93. The smallest absolute Gasteiger partial charge is 0.276 e. The maximum atomic E-state index is 11.9. The number of hydrogen-bond donors (Lipinski definition) is 1. The number of halogens is 1. The number of carbonyl (C=O) groups is 1. The van der Waals surface area contributed by atoms with Gasteiger partial charge in [-0.1, -0.05) is 11.6 Å². The van der Waals surface area contributed by atoms with Gasteiger partial charge in [-0.3, -0.25) is 4.79 Å². The molecule has 0 saturated heterocycles. The van der Waals surface area contributed by atoms with E-state index in [-0.39, 0.29) is 22.9 Å². The van der Waals surface area contributed by atoms with Crippen LogP contribution in [0.5, 0.6) is 5.75 Å². The Morgan fingerprint density at radius 3 is 2.40 bits per heavy atom. The van der Waals surface area contributed by atoms with Crippen LogP contribution in [0, 0.1) is 0 Å². The summed E-state index contributed by atoms with van der Waals surface area (Å²) in [6, 6.07) is 10.1. The highest BCUT2D eigenvalue weighted by Crippen LogP contribution is 2.17. The van der Waals surface area contributed by atoms with Gasteiger partial charge in [0.25, 0.3) is 5.91 Å². The first kappa shape index (κ1) is 14.3. The van der Waals surface area contributed by atoms with Crippen LogP contribution in [-0.4, -0.2) is 22.2 Å². The zero-order valence-electron chi connectivity index (χ0n) is 11.1. The van der Waals surface area contributed by atoms with Gasteiger partial charge in [0.05, 0.1) is 6.10 Å². The molecule has 0 fully saturated rings.